The zero-order chi connectivity index (χ0) is 13.1. The van der Waals surface area contributed by atoms with Crippen LogP contribution in [0.1, 0.15) is 13.8 Å². The second-order valence-electron chi connectivity index (χ2n) is 4.33. The Kier molecular flexibility index (Phi) is 4.01. The van der Waals surface area contributed by atoms with E-state index in [0.717, 1.165) is 18.7 Å². The van der Waals surface area contributed by atoms with E-state index in [1.807, 2.05) is 0 Å². The van der Waals surface area contributed by atoms with Crippen LogP contribution in [0.5, 0.6) is 0 Å². The Morgan fingerprint density at radius 1 is 0.882 bits per heavy atom. The number of halogens is 4. The van der Waals surface area contributed by atoms with Crippen molar-refractivity contribution in [1.29, 1.82) is 0 Å². The molecule has 1 rings (SSSR count). The van der Waals surface area contributed by atoms with Gasteiger partial charge in [0.25, 0.3) is 11.8 Å². The fourth-order valence-corrected chi connectivity index (χ4v) is 1.55. The summed E-state index contributed by atoms with van der Waals surface area (Å²) in [6.45, 7) is -0.00558. The van der Waals surface area contributed by atoms with Crippen LogP contribution in [0.3, 0.4) is 0 Å². The number of nitrogens with zero attached hydrogens (tertiary/aromatic N) is 1. The molecule has 0 bridgehead atoms. The Bertz CT molecular complexity index is 324. The van der Waals surface area contributed by atoms with Crippen molar-refractivity contribution in [2.45, 2.75) is 25.7 Å². The van der Waals surface area contributed by atoms with E-state index in [1.165, 1.54) is 12.1 Å². The summed E-state index contributed by atoms with van der Waals surface area (Å²) in [5, 5.41) is 0. The van der Waals surface area contributed by atoms with Crippen molar-refractivity contribution in [3.05, 3.63) is 30.3 Å². The average Bonchev–Trinajstić information content (AvgIpc) is 2.14. The zero-order valence-electron chi connectivity index (χ0n) is 9.76. The Morgan fingerprint density at radius 3 is 1.65 bits per heavy atom. The van der Waals surface area contributed by atoms with Crippen LogP contribution in [0.25, 0.3) is 0 Å². The van der Waals surface area contributed by atoms with Crippen LogP contribution in [0, 0.1) is 0 Å². The van der Waals surface area contributed by atoms with Gasteiger partial charge in [0.05, 0.1) is 13.1 Å². The molecule has 96 valence electrons. The van der Waals surface area contributed by atoms with Crippen molar-refractivity contribution < 1.29 is 17.6 Å². The molecule has 0 aliphatic rings. The maximum atomic E-state index is 12.9. The highest BCUT2D eigenvalue weighted by atomic mass is 19.3. The molecular weight excluding hydrogens is 234 g/mol. The molecule has 0 spiro atoms. The molecule has 0 aliphatic heterocycles. The predicted octanol–water partition coefficient (Wildman–Crippen LogP) is 3.80. The smallest absolute Gasteiger partial charge is 0.262 e. The first-order valence-electron chi connectivity index (χ1n) is 5.23. The Labute approximate surface area is 98.0 Å². The molecule has 0 saturated carbocycles. The van der Waals surface area contributed by atoms with Crippen molar-refractivity contribution >= 4 is 5.69 Å². The fourth-order valence-electron chi connectivity index (χ4n) is 1.55. The van der Waals surface area contributed by atoms with E-state index in [4.69, 9.17) is 0 Å². The molecule has 0 radical (unpaired) electrons. The van der Waals surface area contributed by atoms with Crippen LogP contribution in [0.4, 0.5) is 23.2 Å². The highest BCUT2D eigenvalue weighted by Gasteiger charge is 2.31. The quantitative estimate of drug-likeness (QED) is 0.717. The Morgan fingerprint density at radius 2 is 1.29 bits per heavy atom. The van der Waals surface area contributed by atoms with Gasteiger partial charge in [-0.3, -0.25) is 0 Å². The normalized spacial score (nSPS) is 12.6. The minimum atomic E-state index is -3.01. The standard InChI is InChI=1S/C12H15F4N/c1-11(13,14)8-17(9-12(2,15)16)10-6-4-3-5-7-10/h3-7H,8-9H2,1-2H3. The summed E-state index contributed by atoms with van der Waals surface area (Å²) < 4.78 is 51.8. The van der Waals surface area contributed by atoms with Crippen LogP contribution < -0.4 is 4.90 Å². The minimum Gasteiger partial charge on any atom is -0.359 e. The SMILES string of the molecule is CC(F)(F)CN(CC(C)(F)F)c1ccccc1. The second kappa shape index (κ2) is 4.94. The molecule has 0 saturated heterocycles. The van der Waals surface area contributed by atoms with Gasteiger partial charge in [-0.1, -0.05) is 18.2 Å². The number of para-hydroxylation sites is 1. The minimum absolute atomic E-state index is 0.371. The van der Waals surface area contributed by atoms with Crippen LogP contribution in [0.15, 0.2) is 30.3 Å². The summed E-state index contributed by atoms with van der Waals surface area (Å²) >= 11 is 0. The molecule has 5 heteroatoms. The van der Waals surface area contributed by atoms with E-state index in [9.17, 15) is 17.6 Å². The molecule has 17 heavy (non-hydrogen) atoms. The van der Waals surface area contributed by atoms with Gasteiger partial charge in [0.2, 0.25) is 0 Å². The van der Waals surface area contributed by atoms with Gasteiger partial charge in [0, 0.05) is 19.5 Å². The first kappa shape index (κ1) is 13.8. The molecular formula is C12H15F4N. The monoisotopic (exact) mass is 249 g/mol. The van der Waals surface area contributed by atoms with Crippen molar-refractivity contribution in [1.82, 2.24) is 0 Å². The zero-order valence-corrected chi connectivity index (χ0v) is 9.76. The molecule has 0 aromatic heterocycles. The number of anilines is 1. The third-order valence-corrected chi connectivity index (χ3v) is 2.06. The van der Waals surface area contributed by atoms with Crippen molar-refractivity contribution in [3.63, 3.8) is 0 Å². The molecule has 1 aromatic carbocycles. The van der Waals surface area contributed by atoms with E-state index in [-0.39, 0.29) is 0 Å². The first-order chi connectivity index (χ1) is 7.67. The molecule has 0 fully saturated rings. The maximum absolute atomic E-state index is 12.9. The average molecular weight is 249 g/mol. The number of rotatable bonds is 5. The van der Waals surface area contributed by atoms with Crippen LogP contribution in [-0.4, -0.2) is 24.9 Å². The number of hydrogen-bond donors (Lipinski definition) is 0. The Hall–Kier alpha value is -1.26. The number of alkyl halides is 4. The van der Waals surface area contributed by atoms with E-state index in [0.29, 0.717) is 5.69 Å². The fraction of sp³-hybridized carbons (Fsp3) is 0.500. The van der Waals surface area contributed by atoms with Crippen LogP contribution in [0.2, 0.25) is 0 Å². The number of hydrogen-bond acceptors (Lipinski definition) is 1. The van der Waals surface area contributed by atoms with Gasteiger partial charge in [-0.25, -0.2) is 17.6 Å². The summed E-state index contributed by atoms with van der Waals surface area (Å²) in [4.78, 5) is 1.000. The highest BCUT2D eigenvalue weighted by Crippen LogP contribution is 2.24. The summed E-state index contributed by atoms with van der Waals surface area (Å²) in [6.07, 6.45) is 0. The molecule has 0 amide bonds. The lowest BCUT2D eigenvalue weighted by atomic mass is 10.2. The van der Waals surface area contributed by atoms with Crippen molar-refractivity contribution in [3.8, 4) is 0 Å². The van der Waals surface area contributed by atoms with Gasteiger partial charge in [-0.2, -0.15) is 0 Å². The van der Waals surface area contributed by atoms with E-state index < -0.39 is 24.9 Å². The molecule has 0 N–H and O–H groups in total. The molecule has 1 aromatic rings. The van der Waals surface area contributed by atoms with Gasteiger partial charge >= 0.3 is 0 Å². The molecule has 1 nitrogen and oxygen atoms in total. The van der Waals surface area contributed by atoms with Crippen LogP contribution in [-0.2, 0) is 0 Å². The maximum Gasteiger partial charge on any atom is 0.262 e. The lowest BCUT2D eigenvalue weighted by molar-refractivity contribution is 0.00814. The van der Waals surface area contributed by atoms with Crippen LogP contribution >= 0.6 is 0 Å². The van der Waals surface area contributed by atoms with E-state index in [1.54, 1.807) is 18.2 Å². The number of benzene rings is 1. The molecule has 0 aliphatic carbocycles. The summed E-state index contributed by atoms with van der Waals surface area (Å²) in [6, 6.07) is 8.04. The van der Waals surface area contributed by atoms with Gasteiger partial charge in [0.15, 0.2) is 0 Å². The largest absolute Gasteiger partial charge is 0.359 e. The Balaban J connectivity index is 2.87. The van der Waals surface area contributed by atoms with E-state index in [2.05, 4.69) is 0 Å². The second-order valence-corrected chi connectivity index (χ2v) is 4.33. The van der Waals surface area contributed by atoms with Gasteiger partial charge in [-0.15, -0.1) is 0 Å². The molecule has 0 atom stereocenters. The molecule has 0 heterocycles. The van der Waals surface area contributed by atoms with Crippen molar-refractivity contribution in [2.75, 3.05) is 18.0 Å². The van der Waals surface area contributed by atoms with Gasteiger partial charge in [0.1, 0.15) is 0 Å². The summed E-state index contributed by atoms with van der Waals surface area (Å²) in [5.74, 6) is -6.03. The lowest BCUT2D eigenvalue weighted by Crippen LogP contribution is -2.41. The highest BCUT2D eigenvalue weighted by molar-refractivity contribution is 5.46. The summed E-state index contributed by atoms with van der Waals surface area (Å²) in [7, 11) is 0. The predicted molar refractivity (Wildman–Crippen MR) is 59.9 cm³/mol. The summed E-state index contributed by atoms with van der Waals surface area (Å²) in [5.41, 5.74) is 0.371. The van der Waals surface area contributed by atoms with Gasteiger partial charge in [-0.05, 0) is 12.1 Å². The lowest BCUT2D eigenvalue weighted by Gasteiger charge is -2.29. The van der Waals surface area contributed by atoms with Gasteiger partial charge < -0.3 is 4.90 Å². The topological polar surface area (TPSA) is 3.24 Å². The van der Waals surface area contributed by atoms with E-state index >= 15 is 0 Å². The first-order valence-corrected chi connectivity index (χ1v) is 5.23. The third-order valence-electron chi connectivity index (χ3n) is 2.06. The van der Waals surface area contributed by atoms with Crippen molar-refractivity contribution in [2.24, 2.45) is 0 Å². The third kappa shape index (κ3) is 5.56. The molecule has 0 unspecified atom stereocenters.